The summed E-state index contributed by atoms with van der Waals surface area (Å²) < 4.78 is 13.2. The van der Waals surface area contributed by atoms with E-state index in [1.54, 1.807) is 0 Å². The molecule has 70 valence electrons. The van der Waals surface area contributed by atoms with Crippen LogP contribution in [0.4, 0.5) is 10.1 Å². The molecule has 3 N–H and O–H groups in total. The van der Waals surface area contributed by atoms with Crippen molar-refractivity contribution in [3.8, 4) is 0 Å². The van der Waals surface area contributed by atoms with Crippen LogP contribution in [0.15, 0.2) is 24.3 Å². The molecule has 0 unspecified atom stereocenters. The fourth-order valence-corrected chi connectivity index (χ4v) is 1.71. The number of rotatable bonds is 2. The summed E-state index contributed by atoms with van der Waals surface area (Å²) in [6, 6.07) is 7.77. The minimum absolute atomic E-state index is 0.0889. The molecule has 3 heteroatoms. The van der Waals surface area contributed by atoms with Crippen molar-refractivity contribution in [1.82, 2.24) is 0 Å². The Kier molecular flexibility index (Phi) is 2.19. The van der Waals surface area contributed by atoms with Gasteiger partial charge in [-0.2, -0.15) is 0 Å². The summed E-state index contributed by atoms with van der Waals surface area (Å²) in [6.45, 7) is 0.0889. The van der Waals surface area contributed by atoms with E-state index in [0.29, 0.717) is 0 Å². The minimum atomic E-state index is -0.951. The first-order valence-electron chi connectivity index (χ1n) is 4.50. The molecule has 1 aromatic rings. The Hall–Kier alpha value is -1.09. The zero-order valence-corrected chi connectivity index (χ0v) is 7.33. The third-order valence-electron chi connectivity index (χ3n) is 2.46. The van der Waals surface area contributed by atoms with Crippen molar-refractivity contribution in [3.63, 3.8) is 0 Å². The van der Waals surface area contributed by atoms with Crippen molar-refractivity contribution in [2.75, 3.05) is 11.9 Å². The first-order chi connectivity index (χ1) is 6.31. The highest BCUT2D eigenvalue weighted by Gasteiger charge is 2.26. The zero-order chi connectivity index (χ0) is 9.26. The molecule has 2 nitrogen and oxygen atoms in total. The Balaban J connectivity index is 2.14. The number of nitrogens with two attached hydrogens (primary N) is 1. The monoisotopic (exact) mass is 180 g/mol. The molecule has 0 fully saturated rings. The van der Waals surface area contributed by atoms with Gasteiger partial charge in [-0.15, -0.1) is 0 Å². The van der Waals surface area contributed by atoms with E-state index in [-0.39, 0.29) is 12.6 Å². The number of hydrogen-bond donors (Lipinski definition) is 2. The number of nitrogens with one attached hydrogen (secondary N) is 1. The fourth-order valence-electron chi connectivity index (χ4n) is 1.71. The molecule has 1 aliphatic heterocycles. The van der Waals surface area contributed by atoms with Crippen LogP contribution in [-0.4, -0.2) is 18.8 Å². The van der Waals surface area contributed by atoms with Gasteiger partial charge in [0.1, 0.15) is 6.17 Å². The van der Waals surface area contributed by atoms with Gasteiger partial charge in [-0.1, -0.05) is 18.2 Å². The summed E-state index contributed by atoms with van der Waals surface area (Å²) >= 11 is 0. The van der Waals surface area contributed by atoms with Crippen LogP contribution >= 0.6 is 0 Å². The second kappa shape index (κ2) is 3.34. The van der Waals surface area contributed by atoms with Crippen LogP contribution < -0.4 is 11.1 Å². The minimum Gasteiger partial charge on any atom is -0.379 e. The van der Waals surface area contributed by atoms with Crippen LogP contribution in [0.3, 0.4) is 0 Å². The van der Waals surface area contributed by atoms with Crippen LogP contribution in [0.1, 0.15) is 5.56 Å². The van der Waals surface area contributed by atoms with Crippen molar-refractivity contribution in [1.29, 1.82) is 0 Å². The third kappa shape index (κ3) is 1.52. The highest BCUT2D eigenvalue weighted by molar-refractivity contribution is 5.56. The summed E-state index contributed by atoms with van der Waals surface area (Å²) in [5.74, 6) is 0. The maximum atomic E-state index is 13.2. The molecule has 1 aliphatic rings. The van der Waals surface area contributed by atoms with Gasteiger partial charge in [0.15, 0.2) is 0 Å². The van der Waals surface area contributed by atoms with Gasteiger partial charge in [0.05, 0.1) is 6.04 Å². The van der Waals surface area contributed by atoms with Gasteiger partial charge in [0, 0.05) is 12.2 Å². The smallest absolute Gasteiger partial charge is 0.133 e. The molecule has 2 rings (SSSR count). The Labute approximate surface area is 76.9 Å². The molecule has 1 heterocycles. The molecular formula is C10H13FN2. The summed E-state index contributed by atoms with van der Waals surface area (Å²) in [7, 11) is 0. The Bertz CT molecular complexity index is 276. The fraction of sp³-hybridized carbons (Fsp3) is 0.400. The molecule has 0 radical (unpaired) electrons. The molecule has 0 aliphatic carbocycles. The predicted molar refractivity (Wildman–Crippen MR) is 51.5 cm³/mol. The van der Waals surface area contributed by atoms with Crippen molar-refractivity contribution >= 4 is 5.69 Å². The van der Waals surface area contributed by atoms with E-state index >= 15 is 0 Å². The maximum absolute atomic E-state index is 13.2. The van der Waals surface area contributed by atoms with Crippen molar-refractivity contribution in [2.24, 2.45) is 5.73 Å². The molecule has 2 atom stereocenters. The number of alkyl halides is 1. The zero-order valence-electron chi connectivity index (χ0n) is 7.33. The molecule has 0 aromatic heterocycles. The van der Waals surface area contributed by atoms with Crippen molar-refractivity contribution < 1.29 is 4.39 Å². The van der Waals surface area contributed by atoms with Crippen molar-refractivity contribution in [2.45, 2.75) is 18.6 Å². The number of para-hydroxylation sites is 1. The number of benzene rings is 1. The van der Waals surface area contributed by atoms with E-state index in [1.165, 1.54) is 5.56 Å². The van der Waals surface area contributed by atoms with E-state index < -0.39 is 6.17 Å². The lowest BCUT2D eigenvalue weighted by Gasteiger charge is -2.14. The van der Waals surface area contributed by atoms with Gasteiger partial charge >= 0.3 is 0 Å². The maximum Gasteiger partial charge on any atom is 0.133 e. The Morgan fingerprint density at radius 3 is 3.00 bits per heavy atom. The lowest BCUT2D eigenvalue weighted by Crippen LogP contribution is -2.34. The molecule has 1 aromatic carbocycles. The summed E-state index contributed by atoms with van der Waals surface area (Å²) in [5.41, 5.74) is 7.50. The molecule has 13 heavy (non-hydrogen) atoms. The molecule has 0 saturated heterocycles. The molecule has 0 amide bonds. The lowest BCUT2D eigenvalue weighted by molar-refractivity contribution is 0.305. The van der Waals surface area contributed by atoms with E-state index in [1.807, 2.05) is 24.3 Å². The van der Waals surface area contributed by atoms with Gasteiger partial charge in [0.25, 0.3) is 0 Å². The molecule has 0 bridgehead atoms. The van der Waals surface area contributed by atoms with Crippen molar-refractivity contribution in [3.05, 3.63) is 29.8 Å². The highest BCUT2D eigenvalue weighted by Crippen LogP contribution is 2.27. The highest BCUT2D eigenvalue weighted by atomic mass is 19.1. The van der Waals surface area contributed by atoms with Gasteiger partial charge in [-0.3, -0.25) is 0 Å². The van der Waals surface area contributed by atoms with E-state index in [2.05, 4.69) is 5.32 Å². The standard InChI is InChI=1S/C10H13FN2/c11-8(6-12)10-5-7-3-1-2-4-9(7)13-10/h1-4,8,10,13H,5-6,12H2/t8-,10+/m0/s1. The Morgan fingerprint density at radius 2 is 2.31 bits per heavy atom. The summed E-state index contributed by atoms with van der Waals surface area (Å²) in [6.07, 6.45) is -0.207. The van der Waals surface area contributed by atoms with E-state index in [4.69, 9.17) is 5.73 Å². The SMILES string of the molecule is NC[C@H](F)[C@H]1Cc2ccccc2N1. The van der Waals surface area contributed by atoms with Crippen LogP contribution in [0.5, 0.6) is 0 Å². The van der Waals surface area contributed by atoms with Gasteiger partial charge in [0.2, 0.25) is 0 Å². The summed E-state index contributed by atoms with van der Waals surface area (Å²) in [4.78, 5) is 0. The lowest BCUT2D eigenvalue weighted by atomic mass is 10.1. The number of hydrogen-bond acceptors (Lipinski definition) is 2. The number of anilines is 1. The topological polar surface area (TPSA) is 38.0 Å². The van der Waals surface area contributed by atoms with Crippen LogP contribution in [0, 0.1) is 0 Å². The molecular weight excluding hydrogens is 167 g/mol. The quantitative estimate of drug-likeness (QED) is 0.720. The van der Waals surface area contributed by atoms with Gasteiger partial charge in [-0.05, 0) is 18.1 Å². The first kappa shape index (κ1) is 8.51. The predicted octanol–water partition coefficient (Wildman–Crippen LogP) is 1.32. The number of halogens is 1. The third-order valence-corrected chi connectivity index (χ3v) is 2.46. The molecule has 0 spiro atoms. The summed E-state index contributed by atoms with van der Waals surface area (Å²) in [5, 5.41) is 3.13. The Morgan fingerprint density at radius 1 is 1.54 bits per heavy atom. The van der Waals surface area contributed by atoms with Crippen LogP contribution in [-0.2, 0) is 6.42 Å². The molecule has 0 saturated carbocycles. The average Bonchev–Trinajstić information content (AvgIpc) is 2.59. The van der Waals surface area contributed by atoms with Crippen LogP contribution in [0.25, 0.3) is 0 Å². The number of fused-ring (bicyclic) bond motifs is 1. The largest absolute Gasteiger partial charge is 0.379 e. The van der Waals surface area contributed by atoms with Gasteiger partial charge in [-0.25, -0.2) is 4.39 Å². The van der Waals surface area contributed by atoms with Crippen LogP contribution in [0.2, 0.25) is 0 Å². The average molecular weight is 180 g/mol. The normalized spacial score (nSPS) is 22.2. The second-order valence-electron chi connectivity index (χ2n) is 3.36. The van der Waals surface area contributed by atoms with E-state index in [0.717, 1.165) is 12.1 Å². The van der Waals surface area contributed by atoms with E-state index in [9.17, 15) is 4.39 Å². The first-order valence-corrected chi connectivity index (χ1v) is 4.50. The van der Waals surface area contributed by atoms with Gasteiger partial charge < -0.3 is 11.1 Å². The second-order valence-corrected chi connectivity index (χ2v) is 3.36.